The summed E-state index contributed by atoms with van der Waals surface area (Å²) < 4.78 is 39.0. The Morgan fingerprint density at radius 3 is 2.38 bits per heavy atom. The zero-order chi connectivity index (χ0) is 25.0. The zero-order valence-corrected chi connectivity index (χ0v) is 19.5. The minimum absolute atomic E-state index is 0.0643. The van der Waals surface area contributed by atoms with E-state index in [0.717, 1.165) is 17.7 Å². The fourth-order valence-electron chi connectivity index (χ4n) is 3.94. The molecular formula is C24H25ClF3N3O3. The number of anilines is 1. The van der Waals surface area contributed by atoms with E-state index in [1.807, 2.05) is 25.1 Å². The summed E-state index contributed by atoms with van der Waals surface area (Å²) in [7, 11) is 1.47. The summed E-state index contributed by atoms with van der Waals surface area (Å²) >= 11 is 5.59. The molecule has 1 N–H and O–H groups in total. The molecule has 0 unspecified atom stereocenters. The van der Waals surface area contributed by atoms with Crippen molar-refractivity contribution >= 4 is 35.0 Å². The largest absolute Gasteiger partial charge is 0.417 e. The van der Waals surface area contributed by atoms with Gasteiger partial charge in [0, 0.05) is 37.3 Å². The van der Waals surface area contributed by atoms with Gasteiger partial charge in [0.25, 0.3) is 5.91 Å². The number of hydrogen-bond donors (Lipinski definition) is 1. The molecule has 0 atom stereocenters. The minimum Gasteiger partial charge on any atom is -0.339 e. The lowest BCUT2D eigenvalue weighted by molar-refractivity contribution is -0.138. The molecule has 2 aromatic carbocycles. The highest BCUT2D eigenvalue weighted by molar-refractivity contribution is 6.31. The van der Waals surface area contributed by atoms with Gasteiger partial charge in [-0.1, -0.05) is 29.8 Å². The van der Waals surface area contributed by atoms with Crippen LogP contribution in [0.25, 0.3) is 0 Å². The lowest BCUT2D eigenvalue weighted by Crippen LogP contribution is -2.45. The van der Waals surface area contributed by atoms with E-state index < -0.39 is 22.7 Å². The van der Waals surface area contributed by atoms with Gasteiger partial charge in [0.15, 0.2) is 0 Å². The quantitative estimate of drug-likeness (QED) is 0.658. The second-order valence-electron chi connectivity index (χ2n) is 8.32. The SMILES string of the molecule is Cc1ccccc1C(=O)N1CCC(C(=O)N(C)CC(=O)Nc2ccc(Cl)c(C(F)(F)F)c2)CC1. The summed E-state index contributed by atoms with van der Waals surface area (Å²) in [6.07, 6.45) is -3.72. The Balaban J connectivity index is 1.53. The Kier molecular flexibility index (Phi) is 7.86. The van der Waals surface area contributed by atoms with Crippen LogP contribution in [0.1, 0.15) is 34.3 Å². The topological polar surface area (TPSA) is 69.7 Å². The molecule has 1 heterocycles. The van der Waals surface area contributed by atoms with Crippen LogP contribution in [0.5, 0.6) is 0 Å². The third-order valence-electron chi connectivity index (χ3n) is 5.82. The standard InChI is InChI=1S/C24H25ClF3N3O3/c1-15-5-3-4-6-18(15)23(34)31-11-9-16(10-12-31)22(33)30(2)14-21(32)29-17-7-8-20(25)19(13-17)24(26,27)28/h3-8,13,16H,9-12,14H2,1-2H3,(H,29,32). The monoisotopic (exact) mass is 495 g/mol. The van der Waals surface area contributed by atoms with Gasteiger partial charge in [-0.3, -0.25) is 14.4 Å². The molecule has 182 valence electrons. The molecule has 1 aliphatic heterocycles. The molecule has 3 rings (SSSR count). The molecule has 1 aliphatic rings. The van der Waals surface area contributed by atoms with Gasteiger partial charge in [0.2, 0.25) is 11.8 Å². The summed E-state index contributed by atoms with van der Waals surface area (Å²) in [6, 6.07) is 10.4. The number of piperidine rings is 1. The lowest BCUT2D eigenvalue weighted by Gasteiger charge is -2.33. The number of nitrogens with one attached hydrogen (secondary N) is 1. The first-order valence-corrected chi connectivity index (χ1v) is 11.1. The van der Waals surface area contributed by atoms with E-state index >= 15 is 0 Å². The molecule has 0 aliphatic carbocycles. The number of hydrogen-bond acceptors (Lipinski definition) is 3. The van der Waals surface area contributed by atoms with E-state index in [1.54, 1.807) is 11.0 Å². The van der Waals surface area contributed by atoms with E-state index in [4.69, 9.17) is 11.6 Å². The molecule has 10 heteroatoms. The molecule has 0 bridgehead atoms. The molecule has 1 fully saturated rings. The van der Waals surface area contributed by atoms with Crippen LogP contribution in [0, 0.1) is 12.8 Å². The molecule has 3 amide bonds. The number of amides is 3. The van der Waals surface area contributed by atoms with Crippen LogP contribution >= 0.6 is 11.6 Å². The molecular weight excluding hydrogens is 471 g/mol. The number of carbonyl (C=O) groups is 3. The smallest absolute Gasteiger partial charge is 0.339 e. The van der Waals surface area contributed by atoms with Crippen molar-refractivity contribution in [3.05, 3.63) is 64.2 Å². The summed E-state index contributed by atoms with van der Waals surface area (Å²) in [5.41, 5.74) is 0.408. The van der Waals surface area contributed by atoms with E-state index in [9.17, 15) is 27.6 Å². The Morgan fingerprint density at radius 1 is 1.12 bits per heavy atom. The molecule has 34 heavy (non-hydrogen) atoms. The predicted molar refractivity (Wildman–Crippen MR) is 123 cm³/mol. The van der Waals surface area contributed by atoms with E-state index in [-0.39, 0.29) is 30.0 Å². The minimum atomic E-state index is -4.65. The van der Waals surface area contributed by atoms with Crippen LogP contribution in [-0.4, -0.2) is 54.2 Å². The first-order chi connectivity index (χ1) is 16.0. The summed E-state index contributed by atoms with van der Waals surface area (Å²) in [6.45, 7) is 2.41. The van der Waals surface area contributed by atoms with Gasteiger partial charge in [-0.15, -0.1) is 0 Å². The Hall–Kier alpha value is -3.07. The van der Waals surface area contributed by atoms with E-state index in [1.165, 1.54) is 18.0 Å². The number of halogens is 4. The highest BCUT2D eigenvalue weighted by Gasteiger charge is 2.34. The molecule has 0 radical (unpaired) electrons. The van der Waals surface area contributed by atoms with Gasteiger partial charge in [0.1, 0.15) is 0 Å². The predicted octanol–water partition coefficient (Wildman–Crippen LogP) is 4.62. The van der Waals surface area contributed by atoms with Crippen molar-refractivity contribution in [1.82, 2.24) is 9.80 Å². The maximum Gasteiger partial charge on any atom is 0.417 e. The molecule has 2 aromatic rings. The fourth-order valence-corrected chi connectivity index (χ4v) is 4.16. The number of rotatable bonds is 5. The third-order valence-corrected chi connectivity index (χ3v) is 6.15. The average molecular weight is 496 g/mol. The Labute approximate surface area is 200 Å². The van der Waals surface area contributed by atoms with Gasteiger partial charge in [-0.25, -0.2) is 0 Å². The van der Waals surface area contributed by atoms with Crippen molar-refractivity contribution in [3.63, 3.8) is 0 Å². The normalized spacial score (nSPS) is 14.6. The van der Waals surface area contributed by atoms with Gasteiger partial charge in [-0.05, 0) is 49.6 Å². The Bertz CT molecular complexity index is 1080. The van der Waals surface area contributed by atoms with Crippen molar-refractivity contribution in [2.75, 3.05) is 32.0 Å². The van der Waals surface area contributed by atoms with Gasteiger partial charge in [0.05, 0.1) is 17.1 Å². The highest BCUT2D eigenvalue weighted by atomic mass is 35.5. The zero-order valence-electron chi connectivity index (χ0n) is 18.8. The van der Waals surface area contributed by atoms with Crippen molar-refractivity contribution in [2.24, 2.45) is 5.92 Å². The van der Waals surface area contributed by atoms with Crippen LogP contribution < -0.4 is 5.32 Å². The van der Waals surface area contributed by atoms with Gasteiger partial charge >= 0.3 is 6.18 Å². The number of alkyl halides is 3. The molecule has 0 saturated carbocycles. The maximum atomic E-state index is 13.0. The van der Waals surface area contributed by atoms with Crippen LogP contribution in [0.2, 0.25) is 5.02 Å². The average Bonchev–Trinajstić information content (AvgIpc) is 2.79. The van der Waals surface area contributed by atoms with Crippen molar-refractivity contribution < 1.29 is 27.6 Å². The molecule has 0 aromatic heterocycles. The van der Waals surface area contributed by atoms with Gasteiger partial charge < -0.3 is 15.1 Å². The van der Waals surface area contributed by atoms with Crippen LogP contribution in [-0.2, 0) is 15.8 Å². The summed E-state index contributed by atoms with van der Waals surface area (Å²) in [5, 5.41) is 1.90. The number of carbonyl (C=O) groups excluding carboxylic acids is 3. The third kappa shape index (κ3) is 6.08. The number of likely N-dealkylation sites (N-methyl/N-ethyl adjacent to an activating group) is 1. The Morgan fingerprint density at radius 2 is 1.76 bits per heavy atom. The van der Waals surface area contributed by atoms with E-state index in [2.05, 4.69) is 5.32 Å². The maximum absolute atomic E-state index is 13.0. The number of benzene rings is 2. The van der Waals surface area contributed by atoms with Gasteiger partial charge in [-0.2, -0.15) is 13.2 Å². The second-order valence-corrected chi connectivity index (χ2v) is 8.72. The number of likely N-dealkylation sites (tertiary alicyclic amines) is 1. The fraction of sp³-hybridized carbons (Fsp3) is 0.375. The van der Waals surface area contributed by atoms with Crippen LogP contribution in [0.4, 0.5) is 18.9 Å². The summed E-state index contributed by atoms with van der Waals surface area (Å²) in [4.78, 5) is 40.8. The highest BCUT2D eigenvalue weighted by Crippen LogP contribution is 2.36. The van der Waals surface area contributed by atoms with Crippen molar-refractivity contribution in [2.45, 2.75) is 25.9 Å². The van der Waals surface area contributed by atoms with E-state index in [0.29, 0.717) is 31.5 Å². The van der Waals surface area contributed by atoms with Crippen LogP contribution in [0.3, 0.4) is 0 Å². The number of aryl methyl sites for hydroxylation is 1. The second kappa shape index (κ2) is 10.5. The van der Waals surface area contributed by atoms with Crippen molar-refractivity contribution in [3.8, 4) is 0 Å². The lowest BCUT2D eigenvalue weighted by atomic mass is 9.94. The molecule has 0 spiro atoms. The van der Waals surface area contributed by atoms with Crippen LogP contribution in [0.15, 0.2) is 42.5 Å². The summed E-state index contributed by atoms with van der Waals surface area (Å²) in [5.74, 6) is -1.28. The molecule has 6 nitrogen and oxygen atoms in total. The molecule has 1 saturated heterocycles. The first-order valence-electron chi connectivity index (χ1n) is 10.7. The van der Waals surface area contributed by atoms with Crippen molar-refractivity contribution in [1.29, 1.82) is 0 Å². The first kappa shape index (κ1) is 25.6. The number of nitrogens with zero attached hydrogens (tertiary/aromatic N) is 2.